The Morgan fingerprint density at radius 3 is 2.56 bits per heavy atom. The lowest BCUT2D eigenvalue weighted by atomic mass is 9.97. The van der Waals surface area contributed by atoms with Gasteiger partial charge in [-0.25, -0.2) is 0 Å². The van der Waals surface area contributed by atoms with Gasteiger partial charge in [0.1, 0.15) is 0 Å². The van der Waals surface area contributed by atoms with Crippen LogP contribution in [-0.2, 0) is 0 Å². The third-order valence-electron chi connectivity index (χ3n) is 3.24. The summed E-state index contributed by atoms with van der Waals surface area (Å²) in [6, 6.07) is 0.0577. The van der Waals surface area contributed by atoms with Crippen molar-refractivity contribution in [3.05, 3.63) is 0 Å². The molecule has 2 N–H and O–H groups in total. The predicted molar refractivity (Wildman–Crippen MR) is 64.4 cm³/mol. The van der Waals surface area contributed by atoms with Gasteiger partial charge in [0.2, 0.25) is 0 Å². The first-order valence-corrected chi connectivity index (χ1v) is 6.49. The second-order valence-electron chi connectivity index (χ2n) is 5.34. The first-order valence-electron chi connectivity index (χ1n) is 6.49. The Balaban J connectivity index is 2.46. The summed E-state index contributed by atoms with van der Waals surface area (Å²) in [5.74, 6) is -1.22. The fourth-order valence-corrected chi connectivity index (χ4v) is 2.43. The maximum Gasteiger partial charge on any atom is 0.393 e. The highest BCUT2D eigenvalue weighted by Gasteiger charge is 2.41. The lowest BCUT2D eigenvalue weighted by molar-refractivity contribution is -0.187. The van der Waals surface area contributed by atoms with Crippen molar-refractivity contribution in [1.29, 1.82) is 0 Å². The predicted octanol–water partition coefficient (Wildman–Crippen LogP) is 1.62. The van der Waals surface area contributed by atoms with E-state index < -0.39 is 12.1 Å². The van der Waals surface area contributed by atoms with E-state index in [1.807, 2.05) is 13.8 Å². The minimum atomic E-state index is -4.10. The molecule has 0 aliphatic carbocycles. The van der Waals surface area contributed by atoms with Gasteiger partial charge in [-0.05, 0) is 19.4 Å². The van der Waals surface area contributed by atoms with Gasteiger partial charge in [-0.15, -0.1) is 0 Å². The topological polar surface area (TPSA) is 35.5 Å². The zero-order valence-corrected chi connectivity index (χ0v) is 11.0. The fourth-order valence-electron chi connectivity index (χ4n) is 2.43. The summed E-state index contributed by atoms with van der Waals surface area (Å²) in [4.78, 5) is 1.80. The van der Waals surface area contributed by atoms with Crippen LogP contribution in [0.5, 0.6) is 0 Å². The van der Waals surface area contributed by atoms with E-state index in [0.717, 1.165) is 0 Å². The second kappa shape index (κ2) is 6.73. The summed E-state index contributed by atoms with van der Waals surface area (Å²) in [6.45, 7) is 5.07. The van der Waals surface area contributed by atoms with Crippen molar-refractivity contribution in [2.24, 2.45) is 5.92 Å². The number of halogens is 3. The minimum absolute atomic E-state index is 0.0502. The number of aliphatic hydroxyl groups is 1. The van der Waals surface area contributed by atoms with Crippen molar-refractivity contribution in [2.75, 3.05) is 26.2 Å². The Hall–Kier alpha value is -0.330. The van der Waals surface area contributed by atoms with Crippen LogP contribution in [0.4, 0.5) is 13.2 Å². The highest BCUT2D eigenvalue weighted by molar-refractivity contribution is 4.81. The first kappa shape index (κ1) is 15.7. The van der Waals surface area contributed by atoms with Gasteiger partial charge < -0.3 is 15.3 Å². The number of aliphatic hydroxyl groups excluding tert-OH is 1. The van der Waals surface area contributed by atoms with Crippen LogP contribution in [0.3, 0.4) is 0 Å². The molecule has 0 bridgehead atoms. The Morgan fingerprint density at radius 2 is 2.06 bits per heavy atom. The number of nitrogens with zero attached hydrogens (tertiary/aromatic N) is 1. The van der Waals surface area contributed by atoms with Gasteiger partial charge in [0.25, 0.3) is 0 Å². The minimum Gasteiger partial charge on any atom is -0.395 e. The molecule has 18 heavy (non-hydrogen) atoms. The molecule has 6 heteroatoms. The molecule has 0 aromatic heterocycles. The molecule has 0 saturated carbocycles. The van der Waals surface area contributed by atoms with E-state index in [1.54, 1.807) is 4.90 Å². The summed E-state index contributed by atoms with van der Waals surface area (Å²) in [6.07, 6.45) is -3.30. The van der Waals surface area contributed by atoms with E-state index >= 15 is 0 Å². The van der Waals surface area contributed by atoms with E-state index in [-0.39, 0.29) is 31.7 Å². The van der Waals surface area contributed by atoms with Gasteiger partial charge in [-0.2, -0.15) is 13.2 Å². The highest BCUT2D eigenvalue weighted by Crippen LogP contribution is 2.33. The molecule has 0 aromatic carbocycles. The number of piperidine rings is 1. The third-order valence-corrected chi connectivity index (χ3v) is 3.24. The molecular formula is C12H23F3N2O. The lowest BCUT2D eigenvalue weighted by Crippen LogP contribution is -2.50. The smallest absolute Gasteiger partial charge is 0.393 e. The molecule has 1 heterocycles. The Labute approximate surface area is 106 Å². The molecule has 3 nitrogen and oxygen atoms in total. The SMILES string of the molecule is CC(C)NC(CO)CN1CCCC(C(F)(F)F)C1. The van der Waals surface area contributed by atoms with E-state index in [2.05, 4.69) is 5.32 Å². The monoisotopic (exact) mass is 268 g/mol. The summed E-state index contributed by atoms with van der Waals surface area (Å²) >= 11 is 0. The quantitative estimate of drug-likeness (QED) is 0.795. The van der Waals surface area contributed by atoms with Crippen molar-refractivity contribution in [1.82, 2.24) is 10.2 Å². The van der Waals surface area contributed by atoms with Crippen LogP contribution >= 0.6 is 0 Å². The largest absolute Gasteiger partial charge is 0.395 e. The molecular weight excluding hydrogens is 245 g/mol. The summed E-state index contributed by atoms with van der Waals surface area (Å²) in [7, 11) is 0. The van der Waals surface area contributed by atoms with Gasteiger partial charge in [-0.1, -0.05) is 13.8 Å². The number of likely N-dealkylation sites (tertiary alicyclic amines) is 1. The average molecular weight is 268 g/mol. The standard InChI is InChI=1S/C12H23F3N2O/c1-9(2)16-11(8-18)7-17-5-3-4-10(6-17)12(13,14)15/h9-11,16,18H,3-8H2,1-2H3. The molecule has 1 aliphatic rings. The van der Waals surface area contributed by atoms with E-state index in [0.29, 0.717) is 19.5 Å². The molecule has 2 unspecified atom stereocenters. The van der Waals surface area contributed by atoms with Crippen LogP contribution in [-0.4, -0.2) is 54.5 Å². The molecule has 0 aromatic rings. The van der Waals surface area contributed by atoms with E-state index in [1.165, 1.54) is 0 Å². The Morgan fingerprint density at radius 1 is 1.39 bits per heavy atom. The van der Waals surface area contributed by atoms with Crippen molar-refractivity contribution >= 4 is 0 Å². The molecule has 0 spiro atoms. The maximum absolute atomic E-state index is 12.7. The highest BCUT2D eigenvalue weighted by atomic mass is 19.4. The van der Waals surface area contributed by atoms with E-state index in [9.17, 15) is 18.3 Å². The number of nitrogens with one attached hydrogen (secondary N) is 1. The van der Waals surface area contributed by atoms with Gasteiger partial charge in [0.05, 0.1) is 12.5 Å². The van der Waals surface area contributed by atoms with Gasteiger partial charge in [0.15, 0.2) is 0 Å². The van der Waals surface area contributed by atoms with Crippen LogP contribution in [0.25, 0.3) is 0 Å². The summed E-state index contributed by atoms with van der Waals surface area (Å²) in [5.41, 5.74) is 0. The number of hydrogen-bond acceptors (Lipinski definition) is 3. The van der Waals surface area contributed by atoms with Gasteiger partial charge in [0, 0.05) is 25.2 Å². The van der Waals surface area contributed by atoms with Crippen molar-refractivity contribution in [3.63, 3.8) is 0 Å². The number of hydrogen-bond donors (Lipinski definition) is 2. The van der Waals surface area contributed by atoms with E-state index in [4.69, 9.17) is 0 Å². The van der Waals surface area contributed by atoms with Crippen LogP contribution in [0, 0.1) is 5.92 Å². The van der Waals surface area contributed by atoms with Gasteiger partial charge >= 0.3 is 6.18 Å². The molecule has 2 atom stereocenters. The van der Waals surface area contributed by atoms with Gasteiger partial charge in [-0.3, -0.25) is 0 Å². The molecule has 1 fully saturated rings. The molecule has 1 rings (SSSR count). The fraction of sp³-hybridized carbons (Fsp3) is 1.00. The van der Waals surface area contributed by atoms with Crippen LogP contribution < -0.4 is 5.32 Å². The zero-order valence-electron chi connectivity index (χ0n) is 11.0. The molecule has 1 aliphatic heterocycles. The Kier molecular flexibility index (Phi) is 5.88. The van der Waals surface area contributed by atoms with Crippen molar-refractivity contribution < 1.29 is 18.3 Å². The number of rotatable bonds is 5. The molecule has 0 radical (unpaired) electrons. The Bertz CT molecular complexity index is 246. The molecule has 1 saturated heterocycles. The second-order valence-corrected chi connectivity index (χ2v) is 5.34. The molecule has 108 valence electrons. The maximum atomic E-state index is 12.7. The first-order chi connectivity index (χ1) is 8.32. The van der Waals surface area contributed by atoms with Crippen molar-refractivity contribution in [3.8, 4) is 0 Å². The van der Waals surface area contributed by atoms with Crippen molar-refractivity contribution in [2.45, 2.75) is 44.9 Å². The normalized spacial score (nSPS) is 24.5. The van der Waals surface area contributed by atoms with Crippen LogP contribution in [0.2, 0.25) is 0 Å². The zero-order chi connectivity index (χ0) is 13.8. The molecule has 0 amide bonds. The number of alkyl halides is 3. The van der Waals surface area contributed by atoms with Crippen LogP contribution in [0.15, 0.2) is 0 Å². The lowest BCUT2D eigenvalue weighted by Gasteiger charge is -2.36. The summed E-state index contributed by atoms with van der Waals surface area (Å²) in [5, 5.41) is 12.4. The average Bonchev–Trinajstić information content (AvgIpc) is 2.26. The summed E-state index contributed by atoms with van der Waals surface area (Å²) < 4.78 is 38.0. The third kappa shape index (κ3) is 5.12. The van der Waals surface area contributed by atoms with Crippen LogP contribution in [0.1, 0.15) is 26.7 Å².